The van der Waals surface area contributed by atoms with Crippen molar-refractivity contribution in [3.8, 4) is 16.3 Å². The first-order valence-corrected chi connectivity index (χ1v) is 7.69. The molecule has 0 amide bonds. The molecule has 23 heavy (non-hydrogen) atoms. The van der Waals surface area contributed by atoms with Crippen LogP contribution in [0.3, 0.4) is 0 Å². The van der Waals surface area contributed by atoms with Gasteiger partial charge in [-0.05, 0) is 12.1 Å². The van der Waals surface area contributed by atoms with E-state index in [1.807, 2.05) is 36.4 Å². The second-order valence-electron chi connectivity index (χ2n) is 4.82. The number of fused-ring (bicyclic) bond motifs is 1. The third kappa shape index (κ3) is 2.27. The molecule has 2 aromatic carbocycles. The predicted molar refractivity (Wildman–Crippen MR) is 88.2 cm³/mol. The van der Waals surface area contributed by atoms with Gasteiger partial charge in [-0.15, -0.1) is 5.10 Å². The van der Waals surface area contributed by atoms with E-state index in [0.29, 0.717) is 10.7 Å². The zero-order valence-electron chi connectivity index (χ0n) is 11.8. The summed E-state index contributed by atoms with van der Waals surface area (Å²) in [6.45, 7) is 0. The Morgan fingerprint density at radius 3 is 2.22 bits per heavy atom. The maximum absolute atomic E-state index is 12.6. The molecule has 0 aliphatic heterocycles. The lowest BCUT2D eigenvalue weighted by molar-refractivity contribution is 0.749. The van der Waals surface area contributed by atoms with Crippen LogP contribution in [0.25, 0.3) is 21.2 Å². The van der Waals surface area contributed by atoms with Crippen LogP contribution in [0, 0.1) is 0 Å². The highest BCUT2D eigenvalue weighted by molar-refractivity contribution is 7.19. The first-order chi connectivity index (χ1) is 11.2. The second-order valence-corrected chi connectivity index (χ2v) is 5.77. The van der Waals surface area contributed by atoms with Crippen molar-refractivity contribution in [1.82, 2.24) is 19.2 Å². The minimum absolute atomic E-state index is 0.283. The summed E-state index contributed by atoms with van der Waals surface area (Å²) in [6.07, 6.45) is 0. The normalized spacial score (nSPS) is 11.0. The van der Waals surface area contributed by atoms with Gasteiger partial charge in [-0.25, -0.2) is 14.2 Å². The molecule has 0 fully saturated rings. The van der Waals surface area contributed by atoms with Crippen LogP contribution in [0.15, 0.2) is 70.3 Å². The molecule has 0 saturated carbocycles. The Labute approximate surface area is 133 Å². The molecule has 4 rings (SSSR count). The Hall–Kier alpha value is -3.06. The van der Waals surface area contributed by atoms with E-state index in [1.54, 1.807) is 24.3 Å². The van der Waals surface area contributed by atoms with Crippen molar-refractivity contribution in [3.05, 3.63) is 81.6 Å². The third-order valence-electron chi connectivity index (χ3n) is 3.35. The lowest BCUT2D eigenvalue weighted by atomic mass is 10.2. The van der Waals surface area contributed by atoms with Crippen LogP contribution in [0.2, 0.25) is 0 Å². The molecule has 2 aromatic heterocycles. The maximum atomic E-state index is 12.6. The summed E-state index contributed by atoms with van der Waals surface area (Å²) in [7, 11) is 0. The van der Waals surface area contributed by atoms with Gasteiger partial charge in [0.15, 0.2) is 0 Å². The summed E-state index contributed by atoms with van der Waals surface area (Å²) in [5, 5.41) is 4.95. The van der Waals surface area contributed by atoms with E-state index in [0.717, 1.165) is 10.1 Å². The fraction of sp³-hybridized carbons (Fsp3) is 0. The summed E-state index contributed by atoms with van der Waals surface area (Å²) in [4.78, 5) is 29.1. The highest BCUT2D eigenvalue weighted by Crippen LogP contribution is 2.23. The Bertz CT molecular complexity index is 1100. The molecule has 0 atom stereocenters. The molecule has 7 heteroatoms. The van der Waals surface area contributed by atoms with Gasteiger partial charge in [0.2, 0.25) is 4.96 Å². The molecule has 0 aliphatic carbocycles. The van der Waals surface area contributed by atoms with Gasteiger partial charge in [-0.2, -0.15) is 9.50 Å². The number of hydrogen-bond acceptors (Lipinski definition) is 5. The van der Waals surface area contributed by atoms with Gasteiger partial charge in [-0.1, -0.05) is 59.9 Å². The van der Waals surface area contributed by atoms with Crippen molar-refractivity contribution in [2.24, 2.45) is 0 Å². The molecule has 0 radical (unpaired) electrons. The Balaban J connectivity index is 1.99. The zero-order chi connectivity index (χ0) is 15.8. The van der Waals surface area contributed by atoms with E-state index in [-0.39, 0.29) is 4.96 Å². The van der Waals surface area contributed by atoms with Crippen molar-refractivity contribution in [2.45, 2.75) is 0 Å². The summed E-state index contributed by atoms with van der Waals surface area (Å²) in [5.74, 6) is 0. The summed E-state index contributed by atoms with van der Waals surface area (Å²) >= 11 is 1.21. The lowest BCUT2D eigenvalue weighted by Gasteiger charge is -2.02. The number of nitrogens with zero attached hydrogens (tertiary/aromatic N) is 4. The maximum Gasteiger partial charge on any atom is 0.360 e. The number of aromatic nitrogens is 4. The summed E-state index contributed by atoms with van der Waals surface area (Å²) < 4.78 is 2.18. The largest absolute Gasteiger partial charge is 0.360 e. The third-order valence-corrected chi connectivity index (χ3v) is 4.31. The van der Waals surface area contributed by atoms with E-state index in [1.165, 1.54) is 15.9 Å². The van der Waals surface area contributed by atoms with E-state index < -0.39 is 11.4 Å². The molecule has 0 saturated heterocycles. The standard InChI is InChI=1S/C16H10N4O2S/c21-14-17-15-20(16(22)19(14)12-9-5-2-6-10-12)18-13(23-15)11-7-3-1-4-8-11/h1-10H. The zero-order valence-corrected chi connectivity index (χ0v) is 12.6. The van der Waals surface area contributed by atoms with E-state index in [4.69, 9.17) is 0 Å². The van der Waals surface area contributed by atoms with Crippen molar-refractivity contribution < 1.29 is 0 Å². The van der Waals surface area contributed by atoms with Crippen LogP contribution in [-0.4, -0.2) is 19.2 Å². The fourth-order valence-electron chi connectivity index (χ4n) is 2.28. The molecular formula is C16H10N4O2S. The molecule has 0 spiro atoms. The monoisotopic (exact) mass is 322 g/mol. The van der Waals surface area contributed by atoms with Gasteiger partial charge < -0.3 is 0 Å². The molecule has 112 valence electrons. The van der Waals surface area contributed by atoms with E-state index in [2.05, 4.69) is 10.1 Å². The molecule has 6 nitrogen and oxygen atoms in total. The number of hydrogen-bond donors (Lipinski definition) is 0. The van der Waals surface area contributed by atoms with Crippen molar-refractivity contribution in [2.75, 3.05) is 0 Å². The first kappa shape index (κ1) is 13.6. The van der Waals surface area contributed by atoms with Crippen LogP contribution in [0.4, 0.5) is 0 Å². The molecule has 4 aromatic rings. The molecular weight excluding hydrogens is 312 g/mol. The van der Waals surface area contributed by atoms with Crippen molar-refractivity contribution in [3.63, 3.8) is 0 Å². The van der Waals surface area contributed by atoms with Gasteiger partial charge >= 0.3 is 11.4 Å². The Morgan fingerprint density at radius 2 is 1.52 bits per heavy atom. The van der Waals surface area contributed by atoms with E-state index >= 15 is 0 Å². The molecule has 0 unspecified atom stereocenters. The lowest BCUT2D eigenvalue weighted by Crippen LogP contribution is -2.37. The Kier molecular flexibility index (Phi) is 3.13. The fourth-order valence-corrected chi connectivity index (χ4v) is 3.16. The SMILES string of the molecule is O=c1nc2sc(-c3ccccc3)nn2c(=O)n1-c1ccccc1. The summed E-state index contributed by atoms with van der Waals surface area (Å²) in [6, 6.07) is 18.2. The quantitative estimate of drug-likeness (QED) is 0.566. The van der Waals surface area contributed by atoms with Gasteiger partial charge in [0.1, 0.15) is 5.01 Å². The van der Waals surface area contributed by atoms with Crippen LogP contribution >= 0.6 is 11.3 Å². The second kappa shape index (κ2) is 5.29. The predicted octanol–water partition coefficient (Wildman–Crippen LogP) is 1.97. The number of benzene rings is 2. The summed E-state index contributed by atoms with van der Waals surface area (Å²) in [5.41, 5.74) is 0.217. The van der Waals surface area contributed by atoms with Gasteiger partial charge in [0.05, 0.1) is 5.69 Å². The smallest absolute Gasteiger partial charge is 0.245 e. The van der Waals surface area contributed by atoms with Crippen molar-refractivity contribution >= 4 is 16.3 Å². The molecule has 0 bridgehead atoms. The number of rotatable bonds is 2. The van der Waals surface area contributed by atoms with Gasteiger partial charge in [0, 0.05) is 5.56 Å². The average molecular weight is 322 g/mol. The average Bonchev–Trinajstić information content (AvgIpc) is 3.01. The molecule has 0 aliphatic rings. The first-order valence-electron chi connectivity index (χ1n) is 6.88. The number of para-hydroxylation sites is 1. The van der Waals surface area contributed by atoms with Crippen LogP contribution in [0.1, 0.15) is 0 Å². The minimum atomic E-state index is -0.607. The molecule has 2 heterocycles. The Morgan fingerprint density at radius 1 is 0.870 bits per heavy atom. The highest BCUT2D eigenvalue weighted by Gasteiger charge is 2.14. The topological polar surface area (TPSA) is 69.3 Å². The van der Waals surface area contributed by atoms with Crippen LogP contribution in [0.5, 0.6) is 0 Å². The highest BCUT2D eigenvalue weighted by atomic mass is 32.1. The van der Waals surface area contributed by atoms with Crippen molar-refractivity contribution in [1.29, 1.82) is 0 Å². The van der Waals surface area contributed by atoms with Crippen LogP contribution in [-0.2, 0) is 0 Å². The van der Waals surface area contributed by atoms with Gasteiger partial charge in [0.25, 0.3) is 0 Å². The minimum Gasteiger partial charge on any atom is -0.245 e. The molecule has 0 N–H and O–H groups in total. The van der Waals surface area contributed by atoms with Gasteiger partial charge in [-0.3, -0.25) is 0 Å². The van der Waals surface area contributed by atoms with E-state index in [9.17, 15) is 9.59 Å². The van der Waals surface area contributed by atoms with Crippen LogP contribution < -0.4 is 11.4 Å².